The second kappa shape index (κ2) is 3.23. The van der Waals surface area contributed by atoms with Gasteiger partial charge in [-0.15, -0.1) is 0 Å². The number of amides is 1. The average molecular weight is 175 g/mol. The summed E-state index contributed by atoms with van der Waals surface area (Å²) >= 11 is 0. The van der Waals surface area contributed by atoms with Crippen LogP contribution in [0.25, 0.3) is 0 Å². The molecule has 1 aliphatic heterocycles. The molecule has 0 bridgehead atoms. The lowest BCUT2D eigenvalue weighted by Crippen LogP contribution is -2.42. The fourth-order valence-electron chi connectivity index (χ4n) is 1.20. The smallest absolute Gasteiger partial charge is 0.406 e. The van der Waals surface area contributed by atoms with Crippen molar-refractivity contribution in [3.8, 4) is 0 Å². The van der Waals surface area contributed by atoms with E-state index in [-0.39, 0.29) is 0 Å². The largest absolute Gasteiger partial charge is 0.422 e. The van der Waals surface area contributed by atoms with Gasteiger partial charge in [-0.3, -0.25) is 0 Å². The Morgan fingerprint density at radius 1 is 1.64 bits per heavy atom. The summed E-state index contributed by atoms with van der Waals surface area (Å²) in [7, 11) is 0.683. The minimum Gasteiger partial charge on any atom is -0.422 e. The number of rotatable bonds is 1. The molecule has 0 spiro atoms. The van der Waals surface area contributed by atoms with E-state index in [1.165, 1.54) is 0 Å². The highest BCUT2D eigenvalue weighted by Crippen LogP contribution is 2.22. The molecule has 0 aromatic heterocycles. The number of ether oxygens (including phenoxy) is 2. The predicted octanol–water partition coefficient (Wildman–Crippen LogP) is -0.699. The topological polar surface area (TPSA) is 61.6 Å². The molecule has 0 aliphatic carbocycles. The first-order valence-corrected chi connectivity index (χ1v) is 4.75. The number of hydrogen-bond acceptors (Lipinski definition) is 3. The fraction of sp³-hybridized carbons (Fsp3) is 0.833. The minimum atomic E-state index is -0.734. The van der Waals surface area contributed by atoms with E-state index in [4.69, 9.17) is 15.2 Å². The van der Waals surface area contributed by atoms with Crippen LogP contribution in [0.3, 0.4) is 0 Å². The summed E-state index contributed by atoms with van der Waals surface area (Å²) in [6, 6.07) is 0. The van der Waals surface area contributed by atoms with Gasteiger partial charge >= 0.3 is 6.09 Å². The van der Waals surface area contributed by atoms with Gasteiger partial charge in [-0.05, 0) is 12.8 Å². The van der Waals surface area contributed by atoms with E-state index in [2.05, 4.69) is 0 Å². The molecule has 1 amide bonds. The fourth-order valence-corrected chi connectivity index (χ4v) is 1.96. The standard InChI is InChI=1S/C6H13NO3Si/c7-5(8)10-6(11)3-1-2-4-9-6/h1-4H2,11H3,(H2,7,8). The summed E-state index contributed by atoms with van der Waals surface area (Å²) in [4.78, 5) is 10.4. The average Bonchev–Trinajstić information content (AvgIpc) is 1.85. The Balaban J connectivity index is 2.43. The highest BCUT2D eigenvalue weighted by molar-refractivity contribution is 6.14. The number of nitrogens with two attached hydrogens (primary N) is 1. The third-order valence-corrected chi connectivity index (χ3v) is 2.74. The van der Waals surface area contributed by atoms with Gasteiger partial charge in [0.1, 0.15) is 0 Å². The van der Waals surface area contributed by atoms with E-state index in [0.717, 1.165) is 19.3 Å². The summed E-state index contributed by atoms with van der Waals surface area (Å²) in [6.07, 6.45) is 2.16. The molecular formula is C6H13NO3Si. The van der Waals surface area contributed by atoms with Gasteiger partial charge in [0.25, 0.3) is 0 Å². The van der Waals surface area contributed by atoms with Crippen molar-refractivity contribution in [3.63, 3.8) is 0 Å². The van der Waals surface area contributed by atoms with Crippen LogP contribution in [-0.2, 0) is 9.47 Å². The van der Waals surface area contributed by atoms with E-state index in [9.17, 15) is 4.79 Å². The molecule has 1 fully saturated rings. The normalized spacial score (nSPS) is 31.6. The SMILES string of the molecule is NC(=O)OC1([SiH3])CCCCO1. The lowest BCUT2D eigenvalue weighted by Gasteiger charge is -2.32. The molecule has 11 heavy (non-hydrogen) atoms. The highest BCUT2D eigenvalue weighted by Gasteiger charge is 2.30. The number of hydrogen-bond donors (Lipinski definition) is 1. The van der Waals surface area contributed by atoms with E-state index in [0.29, 0.717) is 16.8 Å². The zero-order chi connectivity index (χ0) is 8.32. The van der Waals surface area contributed by atoms with Crippen molar-refractivity contribution in [2.45, 2.75) is 24.7 Å². The predicted molar refractivity (Wildman–Crippen MR) is 43.1 cm³/mol. The van der Waals surface area contributed by atoms with Crippen molar-refractivity contribution in [3.05, 3.63) is 0 Å². The van der Waals surface area contributed by atoms with Crippen LogP contribution >= 0.6 is 0 Å². The second-order valence-electron chi connectivity index (χ2n) is 2.86. The molecule has 2 N–H and O–H groups in total. The van der Waals surface area contributed by atoms with Gasteiger partial charge in [0.2, 0.25) is 0 Å². The molecule has 1 unspecified atom stereocenters. The van der Waals surface area contributed by atoms with Gasteiger partial charge in [-0.2, -0.15) is 0 Å². The van der Waals surface area contributed by atoms with Crippen LogP contribution in [0, 0.1) is 0 Å². The van der Waals surface area contributed by atoms with Crippen molar-refractivity contribution < 1.29 is 14.3 Å². The van der Waals surface area contributed by atoms with Crippen molar-refractivity contribution in [1.82, 2.24) is 0 Å². The summed E-state index contributed by atoms with van der Waals surface area (Å²) in [5, 5.41) is 0. The Morgan fingerprint density at radius 3 is 2.82 bits per heavy atom. The molecule has 1 heterocycles. The quantitative estimate of drug-likeness (QED) is 0.536. The van der Waals surface area contributed by atoms with Crippen molar-refractivity contribution in [1.29, 1.82) is 0 Å². The number of carbonyl (C=O) groups is 1. The zero-order valence-corrected chi connectivity index (χ0v) is 8.63. The third-order valence-electron chi connectivity index (χ3n) is 1.75. The zero-order valence-electron chi connectivity index (χ0n) is 6.63. The van der Waals surface area contributed by atoms with Crippen molar-refractivity contribution in [2.75, 3.05) is 6.61 Å². The summed E-state index contributed by atoms with van der Waals surface area (Å²) < 4.78 is 10.2. The Labute approximate surface area is 68.5 Å². The van der Waals surface area contributed by atoms with E-state index >= 15 is 0 Å². The molecule has 1 saturated heterocycles. The van der Waals surface area contributed by atoms with Crippen LogP contribution < -0.4 is 5.73 Å². The Bertz CT molecular complexity index is 156. The van der Waals surface area contributed by atoms with Gasteiger partial charge in [-0.25, -0.2) is 4.79 Å². The van der Waals surface area contributed by atoms with E-state index in [1.807, 2.05) is 0 Å². The molecule has 4 nitrogen and oxygen atoms in total. The minimum absolute atomic E-state index is 0.635. The van der Waals surface area contributed by atoms with Crippen LogP contribution in [0.1, 0.15) is 19.3 Å². The molecule has 1 aliphatic rings. The van der Waals surface area contributed by atoms with Gasteiger partial charge in [0, 0.05) is 6.42 Å². The first kappa shape index (κ1) is 8.54. The number of primary amides is 1. The highest BCUT2D eigenvalue weighted by atomic mass is 28.1. The molecule has 5 heteroatoms. The molecule has 0 aromatic rings. The summed E-state index contributed by atoms with van der Waals surface area (Å²) in [5.41, 5.74) is 4.25. The summed E-state index contributed by atoms with van der Waals surface area (Å²) in [5.74, 6) is 0. The molecule has 0 radical (unpaired) electrons. The lowest BCUT2D eigenvalue weighted by molar-refractivity contribution is -0.161. The number of carbonyl (C=O) groups excluding carboxylic acids is 1. The molecule has 1 atom stereocenters. The van der Waals surface area contributed by atoms with E-state index in [1.54, 1.807) is 0 Å². The Kier molecular flexibility index (Phi) is 2.51. The Hall–Kier alpha value is -0.553. The van der Waals surface area contributed by atoms with Gasteiger partial charge in [-0.1, -0.05) is 0 Å². The van der Waals surface area contributed by atoms with Crippen molar-refractivity contribution >= 4 is 16.3 Å². The molecule has 1 rings (SSSR count). The first-order chi connectivity index (χ1) is 5.12. The van der Waals surface area contributed by atoms with E-state index < -0.39 is 11.5 Å². The molecule has 0 aromatic carbocycles. The second-order valence-corrected chi connectivity index (χ2v) is 4.38. The monoisotopic (exact) mass is 175 g/mol. The van der Waals surface area contributed by atoms with Crippen molar-refractivity contribution in [2.24, 2.45) is 5.73 Å². The molecule has 0 saturated carbocycles. The van der Waals surface area contributed by atoms with Gasteiger partial charge in [0.05, 0.1) is 16.8 Å². The first-order valence-electron chi connectivity index (χ1n) is 3.75. The maximum absolute atomic E-state index is 10.4. The lowest BCUT2D eigenvalue weighted by atomic mass is 10.2. The van der Waals surface area contributed by atoms with Crippen LogP contribution in [-0.4, -0.2) is 28.4 Å². The Morgan fingerprint density at radius 2 is 2.36 bits per heavy atom. The molecular weight excluding hydrogens is 162 g/mol. The molecule has 64 valence electrons. The van der Waals surface area contributed by atoms with Crippen LogP contribution in [0.5, 0.6) is 0 Å². The van der Waals surface area contributed by atoms with Gasteiger partial charge in [0.15, 0.2) is 5.41 Å². The maximum atomic E-state index is 10.4. The van der Waals surface area contributed by atoms with Crippen LogP contribution in [0.4, 0.5) is 4.79 Å². The van der Waals surface area contributed by atoms with Crippen LogP contribution in [0.2, 0.25) is 0 Å². The van der Waals surface area contributed by atoms with Gasteiger partial charge < -0.3 is 15.2 Å². The maximum Gasteiger partial charge on any atom is 0.406 e. The third kappa shape index (κ3) is 2.51. The summed E-state index contributed by atoms with van der Waals surface area (Å²) in [6.45, 7) is 0.677. The van der Waals surface area contributed by atoms with Crippen LogP contribution in [0.15, 0.2) is 0 Å².